The van der Waals surface area contributed by atoms with E-state index in [1.165, 1.54) is 4.90 Å². The predicted molar refractivity (Wildman–Crippen MR) is 75.0 cm³/mol. The molecule has 2 rings (SSSR count). The van der Waals surface area contributed by atoms with Gasteiger partial charge in [0.25, 0.3) is 0 Å². The summed E-state index contributed by atoms with van der Waals surface area (Å²) in [5, 5.41) is 9.29. The van der Waals surface area contributed by atoms with Crippen molar-refractivity contribution in [1.29, 1.82) is 0 Å². The van der Waals surface area contributed by atoms with Crippen molar-refractivity contribution in [3.8, 4) is 0 Å². The first kappa shape index (κ1) is 15.3. The van der Waals surface area contributed by atoms with Gasteiger partial charge in [0.1, 0.15) is 12.1 Å². The number of fused-ring (bicyclic) bond motifs is 1. The Morgan fingerprint density at radius 1 is 1.25 bits per heavy atom. The Balaban J connectivity index is 2.04. The Kier molecular flexibility index (Phi) is 4.65. The third kappa shape index (κ3) is 2.81. The van der Waals surface area contributed by atoms with Gasteiger partial charge in [-0.3, -0.25) is 14.5 Å². The average Bonchev–Trinajstić information content (AvgIpc) is 2.43. The first-order valence-electron chi connectivity index (χ1n) is 7.36. The van der Waals surface area contributed by atoms with Gasteiger partial charge in [-0.05, 0) is 18.9 Å². The van der Waals surface area contributed by atoms with Gasteiger partial charge in [-0.15, -0.1) is 0 Å². The van der Waals surface area contributed by atoms with Crippen LogP contribution in [0.25, 0.3) is 0 Å². The molecule has 2 aliphatic heterocycles. The highest BCUT2D eigenvalue weighted by Gasteiger charge is 2.46. The summed E-state index contributed by atoms with van der Waals surface area (Å²) in [7, 11) is 1.60. The van der Waals surface area contributed by atoms with Gasteiger partial charge in [0, 0.05) is 26.7 Å². The molecule has 6 heteroatoms. The van der Waals surface area contributed by atoms with Gasteiger partial charge in [0.15, 0.2) is 0 Å². The van der Waals surface area contributed by atoms with Gasteiger partial charge < -0.3 is 14.9 Å². The molecule has 0 bridgehead atoms. The summed E-state index contributed by atoms with van der Waals surface area (Å²) >= 11 is 0. The Bertz CT molecular complexity index is 386. The average molecular weight is 283 g/mol. The first-order chi connectivity index (χ1) is 9.45. The van der Waals surface area contributed by atoms with E-state index in [1.807, 2.05) is 0 Å². The van der Waals surface area contributed by atoms with Crippen LogP contribution >= 0.6 is 0 Å². The molecule has 2 amide bonds. The van der Waals surface area contributed by atoms with Crippen LogP contribution in [0.15, 0.2) is 0 Å². The number of aliphatic hydroxyl groups is 1. The molecule has 0 aromatic carbocycles. The molecule has 2 atom stereocenters. The van der Waals surface area contributed by atoms with E-state index < -0.39 is 6.04 Å². The van der Waals surface area contributed by atoms with Crippen LogP contribution in [0.5, 0.6) is 0 Å². The number of rotatable bonds is 4. The fourth-order valence-electron chi connectivity index (χ4n) is 2.90. The fraction of sp³-hybridized carbons (Fsp3) is 0.857. The summed E-state index contributed by atoms with van der Waals surface area (Å²) in [6.07, 6.45) is 1.10. The van der Waals surface area contributed by atoms with Gasteiger partial charge >= 0.3 is 0 Å². The predicted octanol–water partition coefficient (Wildman–Crippen LogP) is -0.622. The number of piperazine rings is 2. The quantitative estimate of drug-likeness (QED) is 0.747. The normalized spacial score (nSPS) is 28.2. The van der Waals surface area contributed by atoms with Crippen LogP contribution in [0.2, 0.25) is 0 Å². The minimum Gasteiger partial charge on any atom is -0.394 e. The third-order valence-electron chi connectivity index (χ3n) is 4.33. The van der Waals surface area contributed by atoms with Crippen molar-refractivity contribution < 1.29 is 14.7 Å². The SMILES string of the molecule is CC(C)CCN1CCN2C(=O)[C@H](CO)N(C)C(=O)[C@H]2C1. The molecule has 0 spiro atoms. The highest BCUT2D eigenvalue weighted by Crippen LogP contribution is 2.21. The molecule has 6 nitrogen and oxygen atoms in total. The Hall–Kier alpha value is -1.14. The van der Waals surface area contributed by atoms with Crippen molar-refractivity contribution in [3.63, 3.8) is 0 Å². The van der Waals surface area contributed by atoms with Gasteiger partial charge in [0.2, 0.25) is 11.8 Å². The van der Waals surface area contributed by atoms with Crippen molar-refractivity contribution in [2.75, 3.05) is 39.8 Å². The Morgan fingerprint density at radius 3 is 2.55 bits per heavy atom. The molecule has 2 fully saturated rings. The number of likely N-dealkylation sites (N-methyl/N-ethyl adjacent to an activating group) is 1. The maximum absolute atomic E-state index is 12.4. The van der Waals surface area contributed by atoms with Gasteiger partial charge in [0.05, 0.1) is 6.61 Å². The second kappa shape index (κ2) is 6.10. The number of hydrogen-bond donors (Lipinski definition) is 1. The molecule has 0 aromatic heterocycles. The summed E-state index contributed by atoms with van der Waals surface area (Å²) in [4.78, 5) is 29.9. The molecular weight excluding hydrogens is 258 g/mol. The summed E-state index contributed by atoms with van der Waals surface area (Å²) < 4.78 is 0. The van der Waals surface area contributed by atoms with Crippen LogP contribution < -0.4 is 0 Å². The highest BCUT2D eigenvalue weighted by atomic mass is 16.3. The summed E-state index contributed by atoms with van der Waals surface area (Å²) in [6, 6.07) is -1.09. The van der Waals surface area contributed by atoms with Crippen LogP contribution in [0.3, 0.4) is 0 Å². The lowest BCUT2D eigenvalue weighted by atomic mass is 10.0. The largest absolute Gasteiger partial charge is 0.394 e. The van der Waals surface area contributed by atoms with Gasteiger partial charge in [-0.1, -0.05) is 13.8 Å². The lowest BCUT2D eigenvalue weighted by Gasteiger charge is -2.48. The number of hydrogen-bond acceptors (Lipinski definition) is 4. The number of amides is 2. The summed E-state index contributed by atoms with van der Waals surface area (Å²) in [6.45, 7) is 7.04. The van der Waals surface area contributed by atoms with Crippen molar-refractivity contribution in [1.82, 2.24) is 14.7 Å². The van der Waals surface area contributed by atoms with E-state index >= 15 is 0 Å². The van der Waals surface area contributed by atoms with Crippen LogP contribution in [-0.2, 0) is 9.59 Å². The molecule has 2 saturated heterocycles. The number of carbonyl (C=O) groups excluding carboxylic acids is 2. The van der Waals surface area contributed by atoms with Crippen molar-refractivity contribution >= 4 is 11.8 Å². The van der Waals surface area contributed by atoms with Crippen molar-refractivity contribution in [3.05, 3.63) is 0 Å². The van der Waals surface area contributed by atoms with Crippen molar-refractivity contribution in [2.45, 2.75) is 32.4 Å². The monoisotopic (exact) mass is 283 g/mol. The molecule has 2 aliphatic rings. The van der Waals surface area contributed by atoms with Gasteiger partial charge in [-0.25, -0.2) is 0 Å². The van der Waals surface area contributed by atoms with Crippen molar-refractivity contribution in [2.24, 2.45) is 5.92 Å². The maximum Gasteiger partial charge on any atom is 0.248 e. The zero-order valence-corrected chi connectivity index (χ0v) is 12.6. The van der Waals surface area contributed by atoms with Crippen LogP contribution in [0.4, 0.5) is 0 Å². The molecule has 0 aliphatic carbocycles. The molecule has 0 saturated carbocycles. The van der Waals surface area contributed by atoms with E-state index in [2.05, 4.69) is 18.7 Å². The summed E-state index contributed by atoms with van der Waals surface area (Å²) in [5.74, 6) is 0.458. The fourth-order valence-corrected chi connectivity index (χ4v) is 2.90. The lowest BCUT2D eigenvalue weighted by Crippen LogP contribution is -2.70. The minimum absolute atomic E-state index is 0.0575. The highest BCUT2D eigenvalue weighted by molar-refractivity contribution is 5.97. The van der Waals surface area contributed by atoms with Crippen LogP contribution in [0, 0.1) is 5.92 Å². The topological polar surface area (TPSA) is 64.1 Å². The number of carbonyl (C=O) groups is 2. The van der Waals surface area contributed by atoms with E-state index in [4.69, 9.17) is 0 Å². The second-order valence-electron chi connectivity index (χ2n) is 6.18. The van der Waals surface area contributed by atoms with Crippen LogP contribution in [-0.4, -0.2) is 83.5 Å². The van der Waals surface area contributed by atoms with Gasteiger partial charge in [-0.2, -0.15) is 0 Å². The molecule has 0 aromatic rings. The maximum atomic E-state index is 12.4. The minimum atomic E-state index is -0.707. The molecule has 0 radical (unpaired) electrons. The Morgan fingerprint density at radius 2 is 1.95 bits per heavy atom. The van der Waals surface area contributed by atoms with E-state index in [-0.39, 0.29) is 24.5 Å². The zero-order chi connectivity index (χ0) is 14.9. The molecule has 2 heterocycles. The van der Waals surface area contributed by atoms with E-state index in [0.717, 1.165) is 19.5 Å². The smallest absolute Gasteiger partial charge is 0.248 e. The third-order valence-corrected chi connectivity index (χ3v) is 4.33. The first-order valence-corrected chi connectivity index (χ1v) is 7.36. The Labute approximate surface area is 120 Å². The molecule has 1 N–H and O–H groups in total. The number of aliphatic hydroxyl groups excluding tert-OH is 1. The van der Waals surface area contributed by atoms with E-state index in [9.17, 15) is 14.7 Å². The van der Waals surface area contributed by atoms with Crippen LogP contribution in [0.1, 0.15) is 20.3 Å². The molecular formula is C14H25N3O3. The summed E-state index contributed by atoms with van der Waals surface area (Å²) in [5.41, 5.74) is 0. The standard InChI is InChI=1S/C14H25N3O3/c1-10(2)4-5-16-6-7-17-11(8-16)13(19)15(3)12(9-18)14(17)20/h10-12,18H,4-9H2,1-3H3/t11-,12+/m1/s1. The van der Waals surface area contributed by atoms with E-state index in [0.29, 0.717) is 19.0 Å². The zero-order valence-electron chi connectivity index (χ0n) is 12.6. The molecule has 20 heavy (non-hydrogen) atoms. The lowest BCUT2D eigenvalue weighted by molar-refractivity contribution is -0.165. The number of nitrogens with zero attached hydrogens (tertiary/aromatic N) is 3. The van der Waals surface area contributed by atoms with E-state index in [1.54, 1.807) is 11.9 Å². The second-order valence-corrected chi connectivity index (χ2v) is 6.18. The molecule has 114 valence electrons. The molecule has 0 unspecified atom stereocenters.